The van der Waals surface area contributed by atoms with Gasteiger partial charge in [-0.15, -0.1) is 5.10 Å². The first-order valence-corrected chi connectivity index (χ1v) is 9.88. The standard InChI is InChI=1S/C22H27N5O/c1-18-10-5-6-12-20(18)22(28)24-14-7-3-2-4-8-15-27-17-21(25-26-27)19-11-9-13-23-16-19/h5-6,9-13,16-17H,2-4,7-8,14-15H2,1H3,(H,24,28). The molecule has 0 bridgehead atoms. The van der Waals surface area contributed by atoms with Gasteiger partial charge in [0.2, 0.25) is 0 Å². The zero-order valence-corrected chi connectivity index (χ0v) is 16.3. The second kappa shape index (κ2) is 10.3. The van der Waals surface area contributed by atoms with Crippen molar-refractivity contribution in [1.82, 2.24) is 25.3 Å². The number of pyridine rings is 1. The Morgan fingerprint density at radius 1 is 1.04 bits per heavy atom. The van der Waals surface area contributed by atoms with E-state index in [9.17, 15) is 4.79 Å². The van der Waals surface area contributed by atoms with Gasteiger partial charge in [-0.25, -0.2) is 0 Å². The molecule has 1 amide bonds. The Kier molecular flexibility index (Phi) is 7.29. The van der Waals surface area contributed by atoms with Crippen molar-refractivity contribution in [2.75, 3.05) is 6.54 Å². The fourth-order valence-corrected chi connectivity index (χ4v) is 3.11. The minimum atomic E-state index is 0.0219. The van der Waals surface area contributed by atoms with Crippen LogP contribution in [-0.2, 0) is 6.54 Å². The van der Waals surface area contributed by atoms with Crippen molar-refractivity contribution in [1.29, 1.82) is 0 Å². The van der Waals surface area contributed by atoms with Crippen LogP contribution in [0.3, 0.4) is 0 Å². The average Bonchev–Trinajstić information content (AvgIpc) is 3.20. The normalized spacial score (nSPS) is 10.8. The van der Waals surface area contributed by atoms with Gasteiger partial charge in [0.05, 0.1) is 6.20 Å². The average molecular weight is 377 g/mol. The van der Waals surface area contributed by atoms with E-state index in [1.54, 1.807) is 12.4 Å². The SMILES string of the molecule is Cc1ccccc1C(=O)NCCCCCCCn1cc(-c2cccnc2)nn1. The molecule has 2 heterocycles. The topological polar surface area (TPSA) is 72.7 Å². The highest BCUT2D eigenvalue weighted by Gasteiger charge is 2.07. The van der Waals surface area contributed by atoms with Gasteiger partial charge in [0, 0.05) is 36.6 Å². The van der Waals surface area contributed by atoms with E-state index in [0.29, 0.717) is 0 Å². The third kappa shape index (κ3) is 5.74. The van der Waals surface area contributed by atoms with Gasteiger partial charge < -0.3 is 5.32 Å². The molecule has 0 saturated carbocycles. The molecular weight excluding hydrogens is 350 g/mol. The molecule has 1 aromatic carbocycles. The molecule has 146 valence electrons. The molecule has 6 heteroatoms. The fourth-order valence-electron chi connectivity index (χ4n) is 3.11. The summed E-state index contributed by atoms with van der Waals surface area (Å²) in [6.07, 6.45) is 11.0. The van der Waals surface area contributed by atoms with Crippen LogP contribution in [0, 0.1) is 6.92 Å². The number of carbonyl (C=O) groups is 1. The lowest BCUT2D eigenvalue weighted by molar-refractivity contribution is 0.0952. The third-order valence-corrected chi connectivity index (χ3v) is 4.74. The van der Waals surface area contributed by atoms with Crippen LogP contribution in [0.25, 0.3) is 11.3 Å². The van der Waals surface area contributed by atoms with Crippen LogP contribution in [0.2, 0.25) is 0 Å². The summed E-state index contributed by atoms with van der Waals surface area (Å²) in [5.41, 5.74) is 3.62. The first-order valence-electron chi connectivity index (χ1n) is 9.88. The molecule has 0 aliphatic heterocycles. The molecule has 6 nitrogen and oxygen atoms in total. The van der Waals surface area contributed by atoms with E-state index >= 15 is 0 Å². The Morgan fingerprint density at radius 3 is 2.68 bits per heavy atom. The van der Waals surface area contributed by atoms with Gasteiger partial charge in [-0.05, 0) is 43.5 Å². The van der Waals surface area contributed by atoms with Crippen molar-refractivity contribution < 1.29 is 4.79 Å². The summed E-state index contributed by atoms with van der Waals surface area (Å²) in [7, 11) is 0. The first-order chi connectivity index (χ1) is 13.7. The number of nitrogens with zero attached hydrogens (tertiary/aromatic N) is 4. The molecule has 0 aliphatic rings. The van der Waals surface area contributed by atoms with Gasteiger partial charge in [0.1, 0.15) is 5.69 Å². The van der Waals surface area contributed by atoms with Crippen LogP contribution in [0.1, 0.15) is 48.0 Å². The molecule has 28 heavy (non-hydrogen) atoms. The number of benzene rings is 1. The summed E-state index contributed by atoms with van der Waals surface area (Å²) in [5, 5.41) is 11.4. The zero-order valence-electron chi connectivity index (χ0n) is 16.3. The molecule has 0 atom stereocenters. The number of hydrogen-bond donors (Lipinski definition) is 1. The summed E-state index contributed by atoms with van der Waals surface area (Å²) in [4.78, 5) is 16.2. The zero-order chi connectivity index (χ0) is 19.6. The van der Waals surface area contributed by atoms with Gasteiger partial charge in [-0.1, -0.05) is 42.7 Å². The van der Waals surface area contributed by atoms with Crippen LogP contribution in [0.15, 0.2) is 55.0 Å². The summed E-state index contributed by atoms with van der Waals surface area (Å²) in [6, 6.07) is 11.6. The molecule has 0 unspecified atom stereocenters. The monoisotopic (exact) mass is 377 g/mol. The molecule has 0 aliphatic carbocycles. The minimum Gasteiger partial charge on any atom is -0.352 e. The van der Waals surface area contributed by atoms with Crippen molar-refractivity contribution >= 4 is 5.91 Å². The molecular formula is C22H27N5O. The van der Waals surface area contributed by atoms with E-state index < -0.39 is 0 Å². The number of aromatic nitrogens is 4. The van der Waals surface area contributed by atoms with Gasteiger partial charge in [-0.3, -0.25) is 14.5 Å². The number of rotatable bonds is 10. The van der Waals surface area contributed by atoms with E-state index in [4.69, 9.17) is 0 Å². The fraction of sp³-hybridized carbons (Fsp3) is 0.364. The van der Waals surface area contributed by atoms with Crippen LogP contribution in [0.4, 0.5) is 0 Å². The Bertz CT molecular complexity index is 875. The van der Waals surface area contributed by atoms with Crippen molar-refractivity contribution in [2.24, 2.45) is 0 Å². The van der Waals surface area contributed by atoms with Crippen molar-refractivity contribution in [2.45, 2.75) is 45.6 Å². The highest BCUT2D eigenvalue weighted by atomic mass is 16.1. The quantitative estimate of drug-likeness (QED) is 0.542. The first kappa shape index (κ1) is 19.7. The Labute approximate surface area is 166 Å². The summed E-state index contributed by atoms with van der Waals surface area (Å²) >= 11 is 0. The smallest absolute Gasteiger partial charge is 0.251 e. The molecule has 1 N–H and O–H groups in total. The van der Waals surface area contributed by atoms with Crippen LogP contribution in [-0.4, -0.2) is 32.4 Å². The molecule has 3 aromatic rings. The van der Waals surface area contributed by atoms with E-state index in [1.165, 1.54) is 0 Å². The van der Waals surface area contributed by atoms with Gasteiger partial charge >= 0.3 is 0 Å². The van der Waals surface area contributed by atoms with Crippen molar-refractivity contribution in [3.8, 4) is 11.3 Å². The summed E-state index contributed by atoms with van der Waals surface area (Å²) in [6.45, 7) is 3.56. The molecule has 0 fully saturated rings. The maximum absolute atomic E-state index is 12.1. The predicted molar refractivity (Wildman–Crippen MR) is 110 cm³/mol. The Balaban J connectivity index is 1.26. The molecule has 0 spiro atoms. The van der Waals surface area contributed by atoms with Crippen LogP contribution >= 0.6 is 0 Å². The van der Waals surface area contributed by atoms with Crippen LogP contribution < -0.4 is 5.32 Å². The summed E-state index contributed by atoms with van der Waals surface area (Å²) in [5.74, 6) is 0.0219. The van der Waals surface area contributed by atoms with Gasteiger partial charge in [0.15, 0.2) is 0 Å². The highest BCUT2D eigenvalue weighted by molar-refractivity contribution is 5.95. The lowest BCUT2D eigenvalue weighted by Gasteiger charge is -2.07. The number of aryl methyl sites for hydroxylation is 2. The third-order valence-electron chi connectivity index (χ3n) is 4.74. The predicted octanol–water partition coefficient (Wildman–Crippen LogP) is 4.03. The van der Waals surface area contributed by atoms with E-state index in [1.807, 2.05) is 54.2 Å². The van der Waals surface area contributed by atoms with Crippen molar-refractivity contribution in [3.05, 3.63) is 66.1 Å². The minimum absolute atomic E-state index is 0.0219. The van der Waals surface area contributed by atoms with E-state index in [-0.39, 0.29) is 5.91 Å². The summed E-state index contributed by atoms with van der Waals surface area (Å²) < 4.78 is 1.89. The second-order valence-corrected chi connectivity index (χ2v) is 6.95. The molecule has 0 saturated heterocycles. The van der Waals surface area contributed by atoms with Gasteiger partial charge in [0.25, 0.3) is 5.91 Å². The lowest BCUT2D eigenvalue weighted by Crippen LogP contribution is -2.25. The number of carbonyl (C=O) groups excluding carboxylic acids is 1. The maximum atomic E-state index is 12.1. The van der Waals surface area contributed by atoms with E-state index in [2.05, 4.69) is 20.6 Å². The highest BCUT2D eigenvalue weighted by Crippen LogP contribution is 2.14. The molecule has 0 radical (unpaired) electrons. The van der Waals surface area contributed by atoms with Gasteiger partial charge in [-0.2, -0.15) is 0 Å². The number of hydrogen-bond acceptors (Lipinski definition) is 4. The number of unbranched alkanes of at least 4 members (excludes halogenated alkanes) is 4. The number of amides is 1. The Hall–Kier alpha value is -3.02. The largest absolute Gasteiger partial charge is 0.352 e. The Morgan fingerprint density at radius 2 is 1.86 bits per heavy atom. The van der Waals surface area contributed by atoms with E-state index in [0.717, 1.165) is 67.6 Å². The maximum Gasteiger partial charge on any atom is 0.251 e. The molecule has 2 aromatic heterocycles. The molecule has 3 rings (SSSR count). The van der Waals surface area contributed by atoms with Crippen molar-refractivity contribution in [3.63, 3.8) is 0 Å². The number of nitrogens with one attached hydrogen (secondary N) is 1. The lowest BCUT2D eigenvalue weighted by atomic mass is 10.1. The second-order valence-electron chi connectivity index (χ2n) is 6.95. The van der Waals surface area contributed by atoms with Crippen LogP contribution in [0.5, 0.6) is 0 Å².